The number of carbonyl (C=O) groups excluding carboxylic acids is 3. The fraction of sp³-hybridized carbons (Fsp3) is 0.364. The third-order valence-electron chi connectivity index (χ3n) is 6.78. The molecule has 1 heterocycles. The second kappa shape index (κ2) is 13.7. The highest BCUT2D eigenvalue weighted by Gasteiger charge is 2.40. The maximum absolute atomic E-state index is 14.2. The van der Waals surface area contributed by atoms with Gasteiger partial charge in [-0.05, 0) is 42.2 Å². The van der Waals surface area contributed by atoms with Gasteiger partial charge in [-0.25, -0.2) is 0 Å². The average molecular weight is 612 g/mol. The van der Waals surface area contributed by atoms with Crippen molar-refractivity contribution in [3.8, 4) is 0 Å². The molecule has 2 amide bonds. The van der Waals surface area contributed by atoms with Gasteiger partial charge in [0, 0.05) is 39.9 Å². The molecule has 3 aromatic rings. The summed E-state index contributed by atoms with van der Waals surface area (Å²) >= 11 is 13.1. The quantitative estimate of drug-likeness (QED) is 0.248. The van der Waals surface area contributed by atoms with Crippen molar-refractivity contribution in [1.82, 2.24) is 4.90 Å². The summed E-state index contributed by atoms with van der Waals surface area (Å²) in [5, 5.41) is 0.943. The van der Waals surface area contributed by atoms with Crippen LogP contribution < -0.4 is 4.90 Å². The van der Waals surface area contributed by atoms with Crippen LogP contribution in [0.1, 0.15) is 56.9 Å². The predicted molar refractivity (Wildman–Crippen MR) is 165 cm³/mol. The minimum Gasteiger partial charge on any atom is -0.465 e. The molecular formula is C33H36Cl2N2O5. The number of hydrogen-bond donors (Lipinski definition) is 0. The van der Waals surface area contributed by atoms with Crippen LogP contribution in [0.4, 0.5) is 5.69 Å². The second-order valence-corrected chi connectivity index (χ2v) is 12.3. The van der Waals surface area contributed by atoms with Crippen LogP contribution in [0.3, 0.4) is 0 Å². The topological polar surface area (TPSA) is 76.2 Å². The van der Waals surface area contributed by atoms with E-state index in [0.717, 1.165) is 5.56 Å². The number of nitrogens with zero attached hydrogens (tertiary/aromatic N) is 2. The SMILES string of the molecule is CCOC(=O)CN(Cc1ccccc1)C(=O)CC1OC(c2ccccc2Cl)c2cc(Cl)ccc2N(CC(C)(C)C)C1=O. The molecule has 0 N–H and O–H groups in total. The van der Waals surface area contributed by atoms with Gasteiger partial charge in [0.05, 0.1) is 13.0 Å². The third kappa shape index (κ3) is 7.91. The lowest BCUT2D eigenvalue weighted by Gasteiger charge is -2.32. The molecule has 4 rings (SSSR count). The predicted octanol–water partition coefficient (Wildman–Crippen LogP) is 6.84. The molecule has 222 valence electrons. The highest BCUT2D eigenvalue weighted by atomic mass is 35.5. The van der Waals surface area contributed by atoms with Gasteiger partial charge >= 0.3 is 5.97 Å². The van der Waals surface area contributed by atoms with Gasteiger partial charge in [-0.15, -0.1) is 0 Å². The number of hydrogen-bond acceptors (Lipinski definition) is 5. The Hall–Kier alpha value is -3.39. The molecule has 2 unspecified atom stereocenters. The standard InChI is InChI=1S/C33H36Cl2N2O5/c1-5-41-30(39)20-36(19-22-11-7-6-8-12-22)29(38)18-28-32(40)37(21-33(2,3)4)27-16-15-23(34)17-25(27)31(42-28)24-13-9-10-14-26(24)35/h6-17,28,31H,5,18-21H2,1-4H3. The van der Waals surface area contributed by atoms with Gasteiger partial charge in [-0.2, -0.15) is 0 Å². The number of benzene rings is 3. The smallest absolute Gasteiger partial charge is 0.325 e. The van der Waals surface area contributed by atoms with E-state index in [2.05, 4.69) is 0 Å². The van der Waals surface area contributed by atoms with Crippen LogP contribution in [0.5, 0.6) is 0 Å². The third-order valence-corrected chi connectivity index (χ3v) is 7.36. The number of halogens is 2. The molecule has 0 bridgehead atoms. The van der Waals surface area contributed by atoms with Crippen LogP contribution in [0.15, 0.2) is 72.8 Å². The van der Waals surface area contributed by atoms with E-state index >= 15 is 0 Å². The molecule has 0 saturated heterocycles. The monoisotopic (exact) mass is 610 g/mol. The zero-order chi connectivity index (χ0) is 30.4. The summed E-state index contributed by atoms with van der Waals surface area (Å²) in [6.45, 7) is 8.31. The Labute approximate surface area is 257 Å². The normalized spacial score (nSPS) is 16.9. The molecular weight excluding hydrogens is 575 g/mol. The van der Waals surface area contributed by atoms with Crippen molar-refractivity contribution in [3.63, 3.8) is 0 Å². The van der Waals surface area contributed by atoms with Crippen LogP contribution in [0.2, 0.25) is 10.0 Å². The molecule has 0 radical (unpaired) electrons. The Morgan fingerprint density at radius 2 is 1.67 bits per heavy atom. The molecule has 1 aliphatic rings. The molecule has 0 saturated carbocycles. The maximum Gasteiger partial charge on any atom is 0.325 e. The van der Waals surface area contributed by atoms with E-state index in [1.165, 1.54) is 4.90 Å². The Morgan fingerprint density at radius 1 is 0.976 bits per heavy atom. The Bertz CT molecular complexity index is 1420. The van der Waals surface area contributed by atoms with Crippen LogP contribution >= 0.6 is 23.2 Å². The highest BCUT2D eigenvalue weighted by molar-refractivity contribution is 6.31. The van der Waals surface area contributed by atoms with Crippen molar-refractivity contribution < 1.29 is 23.9 Å². The molecule has 7 nitrogen and oxygen atoms in total. The molecule has 9 heteroatoms. The molecule has 0 spiro atoms. The minimum atomic E-state index is -1.16. The van der Waals surface area contributed by atoms with Crippen molar-refractivity contribution in [3.05, 3.63) is 99.5 Å². The van der Waals surface area contributed by atoms with Crippen LogP contribution in [-0.4, -0.2) is 48.5 Å². The van der Waals surface area contributed by atoms with E-state index in [-0.39, 0.29) is 37.4 Å². The fourth-order valence-corrected chi connectivity index (χ4v) is 5.37. The van der Waals surface area contributed by atoms with Crippen molar-refractivity contribution in [2.75, 3.05) is 24.6 Å². The lowest BCUT2D eigenvalue weighted by atomic mass is 9.94. The van der Waals surface area contributed by atoms with Gasteiger partial charge < -0.3 is 19.3 Å². The van der Waals surface area contributed by atoms with Gasteiger partial charge in [-0.3, -0.25) is 14.4 Å². The van der Waals surface area contributed by atoms with E-state index in [1.807, 2.05) is 69.3 Å². The Kier molecular flexibility index (Phi) is 10.3. The minimum absolute atomic E-state index is 0.175. The number of amides is 2. The first-order valence-electron chi connectivity index (χ1n) is 13.9. The summed E-state index contributed by atoms with van der Waals surface area (Å²) in [4.78, 5) is 43.7. The van der Waals surface area contributed by atoms with E-state index in [9.17, 15) is 14.4 Å². The largest absolute Gasteiger partial charge is 0.465 e. The molecule has 0 aromatic heterocycles. The first-order chi connectivity index (χ1) is 20.0. The molecule has 3 aromatic carbocycles. The number of rotatable bonds is 9. The molecule has 0 fully saturated rings. The first kappa shape index (κ1) is 31.5. The van der Waals surface area contributed by atoms with Gasteiger partial charge in [0.25, 0.3) is 5.91 Å². The van der Waals surface area contributed by atoms with Crippen LogP contribution in [0.25, 0.3) is 0 Å². The summed E-state index contributed by atoms with van der Waals surface area (Å²) in [7, 11) is 0. The van der Waals surface area contributed by atoms with Crippen LogP contribution in [-0.2, 0) is 30.4 Å². The average Bonchev–Trinajstić information content (AvgIpc) is 3.03. The zero-order valence-corrected chi connectivity index (χ0v) is 25.8. The highest BCUT2D eigenvalue weighted by Crippen LogP contribution is 2.42. The second-order valence-electron chi connectivity index (χ2n) is 11.5. The van der Waals surface area contributed by atoms with Gasteiger partial charge in [0.1, 0.15) is 18.8 Å². The number of ether oxygens (including phenoxy) is 2. The van der Waals surface area contributed by atoms with Crippen LogP contribution in [0, 0.1) is 5.41 Å². The summed E-state index contributed by atoms with van der Waals surface area (Å²) in [5.41, 5.74) is 2.55. The molecule has 42 heavy (non-hydrogen) atoms. The summed E-state index contributed by atoms with van der Waals surface area (Å²) in [6, 6.07) is 21.9. The van der Waals surface area contributed by atoms with E-state index in [1.54, 1.807) is 36.1 Å². The lowest BCUT2D eigenvalue weighted by molar-refractivity contribution is -0.151. The number of fused-ring (bicyclic) bond motifs is 1. The Morgan fingerprint density at radius 3 is 2.33 bits per heavy atom. The summed E-state index contributed by atoms with van der Waals surface area (Å²) in [5.74, 6) is -1.30. The number of esters is 1. The zero-order valence-electron chi connectivity index (χ0n) is 24.3. The summed E-state index contributed by atoms with van der Waals surface area (Å²) in [6.07, 6.45) is -2.21. The maximum atomic E-state index is 14.2. The van der Waals surface area contributed by atoms with E-state index in [0.29, 0.717) is 33.4 Å². The van der Waals surface area contributed by atoms with Crippen molar-refractivity contribution >= 4 is 46.7 Å². The number of anilines is 1. The van der Waals surface area contributed by atoms with Gasteiger partial charge in [-0.1, -0.05) is 92.5 Å². The number of carbonyl (C=O) groups is 3. The van der Waals surface area contributed by atoms with E-state index < -0.39 is 24.1 Å². The molecule has 2 atom stereocenters. The van der Waals surface area contributed by atoms with Gasteiger partial charge in [0.2, 0.25) is 5.91 Å². The van der Waals surface area contributed by atoms with E-state index in [4.69, 9.17) is 32.7 Å². The molecule has 1 aliphatic heterocycles. The fourth-order valence-electron chi connectivity index (χ4n) is 4.96. The Balaban J connectivity index is 1.75. The van der Waals surface area contributed by atoms with Crippen molar-refractivity contribution in [1.29, 1.82) is 0 Å². The molecule has 0 aliphatic carbocycles. The van der Waals surface area contributed by atoms with Gasteiger partial charge in [0.15, 0.2) is 0 Å². The lowest BCUT2D eigenvalue weighted by Crippen LogP contribution is -2.46. The summed E-state index contributed by atoms with van der Waals surface area (Å²) < 4.78 is 11.7. The first-order valence-corrected chi connectivity index (χ1v) is 14.7. The van der Waals surface area contributed by atoms with Crippen molar-refractivity contribution in [2.45, 2.75) is 52.9 Å². The van der Waals surface area contributed by atoms with Crippen molar-refractivity contribution in [2.24, 2.45) is 5.41 Å².